The number of anilines is 1. The summed E-state index contributed by atoms with van der Waals surface area (Å²) < 4.78 is 1.56. The van der Waals surface area contributed by atoms with Crippen molar-refractivity contribution in [2.45, 2.75) is 38.5 Å². The molecule has 3 aromatic carbocycles. The number of thioether (sulfide) groups is 1. The fourth-order valence-corrected chi connectivity index (χ4v) is 4.81. The van der Waals surface area contributed by atoms with Gasteiger partial charge >= 0.3 is 0 Å². The number of benzene rings is 3. The van der Waals surface area contributed by atoms with E-state index in [1.165, 1.54) is 11.8 Å². The van der Waals surface area contributed by atoms with Gasteiger partial charge in [0, 0.05) is 11.6 Å². The second kappa shape index (κ2) is 11.6. The number of halogens is 1. The fourth-order valence-electron chi connectivity index (χ4n) is 3.72. The van der Waals surface area contributed by atoms with Gasteiger partial charge in [0.05, 0.1) is 33.9 Å². The molecule has 4 rings (SSSR count). The Labute approximate surface area is 224 Å². The molecule has 0 spiro atoms. The van der Waals surface area contributed by atoms with E-state index in [1.54, 1.807) is 47.0 Å². The van der Waals surface area contributed by atoms with Crippen molar-refractivity contribution in [3.05, 3.63) is 98.8 Å². The van der Waals surface area contributed by atoms with Crippen LogP contribution in [-0.4, -0.2) is 33.2 Å². The number of carbonyl (C=O) groups is 2. The first-order valence-electron chi connectivity index (χ1n) is 11.8. The molecule has 37 heavy (non-hydrogen) atoms. The minimum Gasteiger partial charge on any atom is -0.350 e. The molecule has 0 saturated carbocycles. The molecule has 0 aliphatic carbocycles. The molecule has 0 fully saturated rings. The van der Waals surface area contributed by atoms with Crippen LogP contribution in [0.15, 0.2) is 76.7 Å². The van der Waals surface area contributed by atoms with Gasteiger partial charge in [-0.25, -0.2) is 4.98 Å². The molecule has 0 bridgehead atoms. The first kappa shape index (κ1) is 26.4. The molecule has 0 saturated heterocycles. The number of aryl methyl sites for hydroxylation is 1. The summed E-state index contributed by atoms with van der Waals surface area (Å²) in [5.41, 5.74) is 3.27. The maximum absolute atomic E-state index is 13.4. The maximum Gasteiger partial charge on any atom is 0.262 e. The second-order valence-corrected chi connectivity index (χ2v) is 10.3. The minimum atomic E-state index is -0.259. The van der Waals surface area contributed by atoms with Gasteiger partial charge in [-0.05, 0) is 68.3 Å². The quantitative estimate of drug-likeness (QED) is 0.237. The van der Waals surface area contributed by atoms with Gasteiger partial charge in [0.2, 0.25) is 5.91 Å². The smallest absolute Gasteiger partial charge is 0.262 e. The number of rotatable bonds is 8. The highest BCUT2D eigenvalue weighted by Gasteiger charge is 2.15. The third-order valence-corrected chi connectivity index (χ3v) is 6.82. The van der Waals surface area contributed by atoms with E-state index in [4.69, 9.17) is 11.6 Å². The Morgan fingerprint density at radius 2 is 1.78 bits per heavy atom. The fraction of sp³-hybridized carbons (Fsp3) is 0.214. The number of nitrogens with one attached hydrogen (secondary N) is 2. The number of hydrogen-bond donors (Lipinski definition) is 2. The van der Waals surface area contributed by atoms with Crippen molar-refractivity contribution in [3.8, 4) is 0 Å². The van der Waals surface area contributed by atoms with Crippen molar-refractivity contribution < 1.29 is 9.59 Å². The van der Waals surface area contributed by atoms with Crippen LogP contribution in [0.2, 0.25) is 5.02 Å². The predicted octanol–water partition coefficient (Wildman–Crippen LogP) is 5.28. The molecule has 1 aromatic heterocycles. The molecule has 190 valence electrons. The van der Waals surface area contributed by atoms with Gasteiger partial charge < -0.3 is 10.6 Å². The molecule has 2 N–H and O–H groups in total. The third-order valence-electron chi connectivity index (χ3n) is 5.53. The maximum atomic E-state index is 13.4. The molecule has 7 nitrogen and oxygen atoms in total. The number of amides is 2. The Morgan fingerprint density at radius 1 is 1.05 bits per heavy atom. The summed E-state index contributed by atoms with van der Waals surface area (Å²) in [6.07, 6.45) is 0. The van der Waals surface area contributed by atoms with Crippen LogP contribution in [0.5, 0.6) is 0 Å². The summed E-state index contributed by atoms with van der Waals surface area (Å²) in [4.78, 5) is 43.0. The Balaban J connectivity index is 1.57. The summed E-state index contributed by atoms with van der Waals surface area (Å²) in [6, 6.07) is 19.7. The molecule has 1 heterocycles. The van der Waals surface area contributed by atoms with Crippen LogP contribution >= 0.6 is 23.4 Å². The Morgan fingerprint density at radius 3 is 2.49 bits per heavy atom. The van der Waals surface area contributed by atoms with Crippen LogP contribution in [0, 0.1) is 6.92 Å². The van der Waals surface area contributed by atoms with E-state index in [0.29, 0.717) is 32.3 Å². The van der Waals surface area contributed by atoms with Crippen LogP contribution in [0.4, 0.5) is 5.69 Å². The molecule has 4 aromatic rings. The average Bonchev–Trinajstić information content (AvgIpc) is 2.86. The highest BCUT2D eigenvalue weighted by molar-refractivity contribution is 7.99. The standard InChI is InChI=1S/C28H27ClN4O3S/c1-17(2)30-26(35)20-11-9-19(10-12-20)15-33-27(36)21-6-4-5-7-23(21)32-28(33)37-16-25(34)31-24-13-8-18(3)14-22(24)29/h4-14,17H,15-16H2,1-3H3,(H,30,35)(H,31,34). The number of para-hydroxylation sites is 1. The highest BCUT2D eigenvalue weighted by atomic mass is 35.5. The lowest BCUT2D eigenvalue weighted by atomic mass is 10.1. The summed E-state index contributed by atoms with van der Waals surface area (Å²) in [6.45, 7) is 5.98. The lowest BCUT2D eigenvalue weighted by molar-refractivity contribution is -0.113. The summed E-state index contributed by atoms with van der Waals surface area (Å²) in [5, 5.41) is 7.06. The van der Waals surface area contributed by atoms with E-state index in [1.807, 2.05) is 45.0 Å². The van der Waals surface area contributed by atoms with E-state index < -0.39 is 0 Å². The Kier molecular flexibility index (Phi) is 8.31. The predicted molar refractivity (Wildman–Crippen MR) is 150 cm³/mol. The van der Waals surface area contributed by atoms with Crippen LogP contribution < -0.4 is 16.2 Å². The van der Waals surface area contributed by atoms with Crippen molar-refractivity contribution in [3.63, 3.8) is 0 Å². The van der Waals surface area contributed by atoms with Crippen LogP contribution in [0.3, 0.4) is 0 Å². The first-order chi connectivity index (χ1) is 17.7. The molecule has 2 amide bonds. The molecule has 9 heteroatoms. The van der Waals surface area contributed by atoms with Gasteiger partial charge in [0.25, 0.3) is 11.5 Å². The number of fused-ring (bicyclic) bond motifs is 1. The van der Waals surface area contributed by atoms with Gasteiger partial charge in [0.1, 0.15) is 0 Å². The summed E-state index contributed by atoms with van der Waals surface area (Å²) in [5.74, 6) is -0.365. The van der Waals surface area contributed by atoms with Crippen molar-refractivity contribution in [2.24, 2.45) is 0 Å². The molecule has 0 radical (unpaired) electrons. The third kappa shape index (κ3) is 6.58. The van der Waals surface area contributed by atoms with Crippen molar-refractivity contribution in [2.75, 3.05) is 11.1 Å². The van der Waals surface area contributed by atoms with Crippen LogP contribution in [0.1, 0.15) is 35.3 Å². The lowest BCUT2D eigenvalue weighted by Gasteiger charge is -2.14. The van der Waals surface area contributed by atoms with Crippen molar-refractivity contribution in [1.29, 1.82) is 0 Å². The zero-order valence-electron chi connectivity index (χ0n) is 20.7. The van der Waals surface area contributed by atoms with Crippen LogP contribution in [-0.2, 0) is 11.3 Å². The highest BCUT2D eigenvalue weighted by Crippen LogP contribution is 2.24. The van der Waals surface area contributed by atoms with Gasteiger partial charge in [-0.3, -0.25) is 19.0 Å². The van der Waals surface area contributed by atoms with Gasteiger partial charge in [-0.2, -0.15) is 0 Å². The Bertz CT molecular complexity index is 1520. The zero-order chi connectivity index (χ0) is 26.5. The van der Waals surface area contributed by atoms with Crippen molar-refractivity contribution in [1.82, 2.24) is 14.9 Å². The molecule has 0 atom stereocenters. The molecule has 0 unspecified atom stereocenters. The summed E-state index contributed by atoms with van der Waals surface area (Å²) >= 11 is 7.42. The second-order valence-electron chi connectivity index (χ2n) is 8.95. The number of aromatic nitrogens is 2. The molecule has 0 aliphatic heterocycles. The molecule has 0 aliphatic rings. The van der Waals surface area contributed by atoms with Gasteiger partial charge in [0.15, 0.2) is 5.16 Å². The monoisotopic (exact) mass is 534 g/mol. The number of carbonyl (C=O) groups excluding carboxylic acids is 2. The topological polar surface area (TPSA) is 93.1 Å². The lowest BCUT2D eigenvalue weighted by Crippen LogP contribution is -2.30. The van der Waals surface area contributed by atoms with Gasteiger partial charge in [-0.1, -0.05) is 53.7 Å². The van der Waals surface area contributed by atoms with E-state index in [2.05, 4.69) is 15.6 Å². The zero-order valence-corrected chi connectivity index (χ0v) is 22.3. The minimum absolute atomic E-state index is 0.0354. The van der Waals surface area contributed by atoms with Crippen LogP contribution in [0.25, 0.3) is 10.9 Å². The number of nitrogens with zero attached hydrogens (tertiary/aromatic N) is 2. The largest absolute Gasteiger partial charge is 0.350 e. The summed E-state index contributed by atoms with van der Waals surface area (Å²) in [7, 11) is 0. The van der Waals surface area contributed by atoms with E-state index in [0.717, 1.165) is 11.1 Å². The number of hydrogen-bond acceptors (Lipinski definition) is 5. The average molecular weight is 535 g/mol. The van der Waals surface area contributed by atoms with E-state index >= 15 is 0 Å². The molecular weight excluding hydrogens is 508 g/mol. The Hall–Kier alpha value is -3.62. The molecular formula is C28H27ClN4O3S. The normalized spacial score (nSPS) is 11.1. The van der Waals surface area contributed by atoms with Crippen molar-refractivity contribution >= 4 is 51.8 Å². The SMILES string of the molecule is Cc1ccc(NC(=O)CSc2nc3ccccc3c(=O)n2Cc2ccc(C(=O)NC(C)C)cc2)c(Cl)c1. The van der Waals surface area contributed by atoms with Gasteiger partial charge in [-0.15, -0.1) is 0 Å². The first-order valence-corrected chi connectivity index (χ1v) is 13.2. The van der Waals surface area contributed by atoms with E-state index in [-0.39, 0.29) is 35.7 Å². The van der Waals surface area contributed by atoms with E-state index in [9.17, 15) is 14.4 Å².